The van der Waals surface area contributed by atoms with Crippen molar-refractivity contribution in [3.8, 4) is 0 Å². The highest BCUT2D eigenvalue weighted by Crippen LogP contribution is 2.31. The number of hydrogen-bond donors (Lipinski definition) is 0. The molecule has 3 rings (SSSR count). The topological polar surface area (TPSA) is 67.4 Å². The summed E-state index contributed by atoms with van der Waals surface area (Å²) in [6.07, 6.45) is 0. The standard InChI is InChI=1S/C19H27N5O2/c1-14(2)17-7-5-16(6-8-17)13-22-9-11-23(12-10-22)19-18(24(25)26)15(3)20-21(19)4/h5-8,14H,9-13H2,1-4H3. The predicted molar refractivity (Wildman–Crippen MR) is 103 cm³/mol. The Hall–Kier alpha value is -2.41. The molecular formula is C19H27N5O2. The van der Waals surface area contributed by atoms with Crippen LogP contribution in [0.4, 0.5) is 11.5 Å². The molecule has 1 aromatic heterocycles. The Bertz CT molecular complexity index is 774. The van der Waals surface area contributed by atoms with Crippen LogP contribution in [0.3, 0.4) is 0 Å². The molecule has 1 aliphatic heterocycles. The van der Waals surface area contributed by atoms with Crippen molar-refractivity contribution in [2.45, 2.75) is 33.2 Å². The molecule has 1 saturated heterocycles. The van der Waals surface area contributed by atoms with E-state index in [1.807, 2.05) is 0 Å². The van der Waals surface area contributed by atoms with Crippen molar-refractivity contribution in [1.82, 2.24) is 14.7 Å². The summed E-state index contributed by atoms with van der Waals surface area (Å²) < 4.78 is 1.63. The molecule has 26 heavy (non-hydrogen) atoms. The van der Waals surface area contributed by atoms with Crippen LogP contribution < -0.4 is 4.90 Å². The van der Waals surface area contributed by atoms with Gasteiger partial charge in [-0.05, 0) is 24.0 Å². The van der Waals surface area contributed by atoms with Gasteiger partial charge in [0.25, 0.3) is 0 Å². The predicted octanol–water partition coefficient (Wildman–Crippen LogP) is 3.08. The van der Waals surface area contributed by atoms with Crippen LogP contribution in [0.1, 0.15) is 36.6 Å². The highest BCUT2D eigenvalue weighted by atomic mass is 16.6. The summed E-state index contributed by atoms with van der Waals surface area (Å²) in [6, 6.07) is 8.82. The van der Waals surface area contributed by atoms with E-state index < -0.39 is 0 Å². The van der Waals surface area contributed by atoms with E-state index >= 15 is 0 Å². The second-order valence-corrected chi connectivity index (χ2v) is 7.30. The number of benzene rings is 1. The van der Waals surface area contributed by atoms with Crippen molar-refractivity contribution in [2.75, 3.05) is 31.1 Å². The molecule has 0 radical (unpaired) electrons. The zero-order valence-electron chi connectivity index (χ0n) is 16.0. The Morgan fingerprint density at radius 1 is 1.15 bits per heavy atom. The SMILES string of the molecule is Cc1nn(C)c(N2CCN(Cc3ccc(C(C)C)cc3)CC2)c1[N+](=O)[O-]. The molecule has 0 N–H and O–H groups in total. The lowest BCUT2D eigenvalue weighted by Crippen LogP contribution is -2.46. The van der Waals surface area contributed by atoms with Crippen molar-refractivity contribution >= 4 is 11.5 Å². The van der Waals surface area contributed by atoms with Gasteiger partial charge < -0.3 is 4.90 Å². The zero-order valence-corrected chi connectivity index (χ0v) is 16.0. The average Bonchev–Trinajstić information content (AvgIpc) is 2.90. The van der Waals surface area contributed by atoms with Crippen LogP contribution in [-0.2, 0) is 13.6 Å². The van der Waals surface area contributed by atoms with Crippen molar-refractivity contribution in [2.24, 2.45) is 7.05 Å². The van der Waals surface area contributed by atoms with E-state index in [9.17, 15) is 10.1 Å². The highest BCUT2D eigenvalue weighted by Gasteiger charge is 2.30. The molecule has 0 aliphatic carbocycles. The van der Waals surface area contributed by atoms with Crippen LogP contribution in [0.15, 0.2) is 24.3 Å². The maximum atomic E-state index is 11.4. The monoisotopic (exact) mass is 357 g/mol. The number of aryl methyl sites for hydroxylation is 2. The Morgan fingerprint density at radius 2 is 1.77 bits per heavy atom. The number of anilines is 1. The summed E-state index contributed by atoms with van der Waals surface area (Å²) in [5, 5.41) is 15.6. The normalized spacial score (nSPS) is 15.7. The van der Waals surface area contributed by atoms with Crippen molar-refractivity contribution < 1.29 is 4.92 Å². The molecule has 2 heterocycles. The lowest BCUT2D eigenvalue weighted by atomic mass is 10.0. The Balaban J connectivity index is 1.64. The molecule has 1 aromatic carbocycles. The lowest BCUT2D eigenvalue weighted by Gasteiger charge is -2.35. The van der Waals surface area contributed by atoms with Crippen molar-refractivity contribution in [3.05, 3.63) is 51.2 Å². The van der Waals surface area contributed by atoms with Gasteiger partial charge in [-0.1, -0.05) is 38.1 Å². The van der Waals surface area contributed by atoms with Crippen molar-refractivity contribution in [1.29, 1.82) is 0 Å². The second-order valence-electron chi connectivity index (χ2n) is 7.30. The van der Waals surface area contributed by atoms with Gasteiger partial charge in [0, 0.05) is 39.8 Å². The number of hydrogen-bond acceptors (Lipinski definition) is 5. The van der Waals surface area contributed by atoms with E-state index in [-0.39, 0.29) is 10.6 Å². The number of aromatic nitrogens is 2. The molecule has 0 spiro atoms. The van der Waals surface area contributed by atoms with Crippen molar-refractivity contribution in [3.63, 3.8) is 0 Å². The van der Waals surface area contributed by atoms with E-state index in [1.165, 1.54) is 11.1 Å². The van der Waals surface area contributed by atoms with Gasteiger partial charge in [-0.25, -0.2) is 4.68 Å². The van der Waals surface area contributed by atoms with Gasteiger partial charge in [0.1, 0.15) is 5.69 Å². The fourth-order valence-corrected chi connectivity index (χ4v) is 3.59. The minimum absolute atomic E-state index is 0.130. The number of nitrogens with zero attached hydrogens (tertiary/aromatic N) is 5. The molecular weight excluding hydrogens is 330 g/mol. The fourth-order valence-electron chi connectivity index (χ4n) is 3.59. The molecule has 0 saturated carbocycles. The zero-order chi connectivity index (χ0) is 18.8. The van der Waals surface area contributed by atoms with Crippen LogP contribution in [0.25, 0.3) is 0 Å². The fraction of sp³-hybridized carbons (Fsp3) is 0.526. The minimum atomic E-state index is -0.319. The molecule has 140 valence electrons. The molecule has 2 aromatic rings. The van der Waals surface area contributed by atoms with Gasteiger partial charge in [-0.3, -0.25) is 15.0 Å². The van der Waals surface area contributed by atoms with Gasteiger partial charge in [-0.15, -0.1) is 0 Å². The summed E-state index contributed by atoms with van der Waals surface area (Å²) in [6.45, 7) is 10.3. The summed E-state index contributed by atoms with van der Waals surface area (Å²) in [5.41, 5.74) is 3.27. The molecule has 7 heteroatoms. The van der Waals surface area contributed by atoms with E-state index in [4.69, 9.17) is 0 Å². The highest BCUT2D eigenvalue weighted by molar-refractivity contribution is 5.61. The van der Waals surface area contributed by atoms with Crippen LogP contribution >= 0.6 is 0 Å². The van der Waals surface area contributed by atoms with Gasteiger partial charge in [-0.2, -0.15) is 5.10 Å². The van der Waals surface area contributed by atoms with Gasteiger partial charge in [0.2, 0.25) is 5.82 Å². The van der Waals surface area contributed by atoms with Gasteiger partial charge in [0.15, 0.2) is 0 Å². The van der Waals surface area contributed by atoms with E-state index in [2.05, 4.69) is 53.0 Å². The average molecular weight is 357 g/mol. The molecule has 1 aliphatic rings. The Morgan fingerprint density at radius 3 is 2.31 bits per heavy atom. The van der Waals surface area contributed by atoms with E-state index in [0.29, 0.717) is 17.4 Å². The lowest BCUT2D eigenvalue weighted by molar-refractivity contribution is -0.384. The van der Waals surface area contributed by atoms with E-state index in [1.54, 1.807) is 18.7 Å². The summed E-state index contributed by atoms with van der Waals surface area (Å²) in [4.78, 5) is 15.6. The van der Waals surface area contributed by atoms with Crippen LogP contribution in [-0.4, -0.2) is 45.8 Å². The van der Waals surface area contributed by atoms with Crippen LogP contribution in [0.5, 0.6) is 0 Å². The summed E-state index contributed by atoms with van der Waals surface area (Å²) >= 11 is 0. The second kappa shape index (κ2) is 7.45. The maximum absolute atomic E-state index is 11.4. The van der Waals surface area contributed by atoms with Crippen LogP contribution in [0.2, 0.25) is 0 Å². The quantitative estimate of drug-likeness (QED) is 0.608. The number of piperazine rings is 1. The van der Waals surface area contributed by atoms with Crippen LogP contribution in [0, 0.1) is 17.0 Å². The number of nitro groups is 1. The van der Waals surface area contributed by atoms with E-state index in [0.717, 1.165) is 32.7 Å². The van der Waals surface area contributed by atoms with Gasteiger partial charge in [0.05, 0.1) is 4.92 Å². The van der Waals surface area contributed by atoms with Gasteiger partial charge >= 0.3 is 5.69 Å². The Kier molecular flexibility index (Phi) is 5.27. The molecule has 1 fully saturated rings. The first-order valence-corrected chi connectivity index (χ1v) is 9.11. The first-order valence-electron chi connectivity index (χ1n) is 9.11. The molecule has 0 unspecified atom stereocenters. The third-order valence-corrected chi connectivity index (χ3v) is 5.07. The maximum Gasteiger partial charge on any atom is 0.333 e. The molecule has 0 amide bonds. The minimum Gasteiger partial charge on any atom is -0.349 e. The third-order valence-electron chi connectivity index (χ3n) is 5.07. The molecule has 0 bridgehead atoms. The summed E-state index contributed by atoms with van der Waals surface area (Å²) in [7, 11) is 1.78. The number of rotatable bonds is 5. The molecule has 0 atom stereocenters. The Labute approximate surface area is 154 Å². The summed E-state index contributed by atoms with van der Waals surface area (Å²) in [5.74, 6) is 1.17. The molecule has 7 nitrogen and oxygen atoms in total. The smallest absolute Gasteiger partial charge is 0.333 e. The first-order chi connectivity index (χ1) is 12.4. The third kappa shape index (κ3) is 3.72. The largest absolute Gasteiger partial charge is 0.349 e. The first kappa shape index (κ1) is 18.4.